The summed E-state index contributed by atoms with van der Waals surface area (Å²) in [6.07, 6.45) is 15.3. The Morgan fingerprint density at radius 1 is 1.03 bits per heavy atom. The highest BCUT2D eigenvalue weighted by Crippen LogP contribution is 2.44. The Hall–Kier alpha value is -1.70. The number of phenols is 1. The molecule has 0 fully saturated rings. The van der Waals surface area contributed by atoms with Gasteiger partial charge in [0.1, 0.15) is 17.1 Å². The first-order valence-electron chi connectivity index (χ1n) is 12.3. The second kappa shape index (κ2) is 11.2. The molecule has 1 aromatic carbocycles. The molecule has 1 heterocycles. The Labute approximate surface area is 191 Å². The van der Waals surface area contributed by atoms with Gasteiger partial charge in [-0.25, -0.2) is 0 Å². The summed E-state index contributed by atoms with van der Waals surface area (Å²) in [5.41, 5.74) is 7.06. The van der Waals surface area contributed by atoms with Gasteiger partial charge < -0.3 is 9.84 Å². The van der Waals surface area contributed by atoms with Crippen LogP contribution in [-0.4, -0.2) is 10.7 Å². The number of benzene rings is 1. The first kappa shape index (κ1) is 25.6. The Bertz CT molecular complexity index is 811. The van der Waals surface area contributed by atoms with Crippen molar-refractivity contribution < 1.29 is 9.84 Å². The Balaban J connectivity index is 1.83. The number of fused-ring (bicyclic) bond motifs is 1. The van der Waals surface area contributed by atoms with Crippen LogP contribution in [0.15, 0.2) is 23.3 Å². The van der Waals surface area contributed by atoms with Gasteiger partial charge in [-0.05, 0) is 122 Å². The van der Waals surface area contributed by atoms with E-state index in [9.17, 15) is 5.11 Å². The van der Waals surface area contributed by atoms with Gasteiger partial charge in [-0.1, -0.05) is 36.6 Å². The maximum Gasteiger partial charge on any atom is 0.127 e. The van der Waals surface area contributed by atoms with E-state index in [0.29, 0.717) is 5.75 Å². The third kappa shape index (κ3) is 7.16. The Kier molecular flexibility index (Phi) is 9.28. The second-order valence-electron chi connectivity index (χ2n) is 10.5. The molecular formula is C29H46O2. The highest BCUT2D eigenvalue weighted by molar-refractivity contribution is 5.58. The largest absolute Gasteiger partial charge is 0.507 e. The van der Waals surface area contributed by atoms with Crippen LogP contribution in [0.3, 0.4) is 0 Å². The lowest BCUT2D eigenvalue weighted by molar-refractivity contribution is 0.0558. The minimum Gasteiger partial charge on any atom is -0.507 e. The van der Waals surface area contributed by atoms with Crippen LogP contribution in [0, 0.1) is 26.7 Å². The van der Waals surface area contributed by atoms with Crippen LogP contribution < -0.4 is 4.74 Å². The predicted molar refractivity (Wildman–Crippen MR) is 134 cm³/mol. The van der Waals surface area contributed by atoms with Crippen LogP contribution in [0.4, 0.5) is 0 Å². The van der Waals surface area contributed by atoms with Gasteiger partial charge in [-0.2, -0.15) is 0 Å². The predicted octanol–water partition coefficient (Wildman–Crippen LogP) is 8.68. The molecule has 2 unspecified atom stereocenters. The van der Waals surface area contributed by atoms with Crippen LogP contribution in [-0.2, 0) is 6.42 Å². The fourth-order valence-corrected chi connectivity index (χ4v) is 4.73. The van der Waals surface area contributed by atoms with Crippen molar-refractivity contribution in [3.05, 3.63) is 45.6 Å². The summed E-state index contributed by atoms with van der Waals surface area (Å²) in [6.45, 7) is 17.4. The molecule has 0 saturated carbocycles. The topological polar surface area (TPSA) is 29.5 Å². The summed E-state index contributed by atoms with van der Waals surface area (Å²) >= 11 is 0. The van der Waals surface area contributed by atoms with Crippen LogP contribution in [0.1, 0.15) is 108 Å². The minimum atomic E-state index is -0.121. The van der Waals surface area contributed by atoms with E-state index in [1.807, 2.05) is 13.8 Å². The fourth-order valence-electron chi connectivity index (χ4n) is 4.73. The van der Waals surface area contributed by atoms with Crippen LogP contribution in [0.2, 0.25) is 0 Å². The van der Waals surface area contributed by atoms with Crippen molar-refractivity contribution in [2.24, 2.45) is 5.92 Å². The van der Waals surface area contributed by atoms with Crippen molar-refractivity contribution in [1.82, 2.24) is 0 Å². The molecule has 0 bridgehead atoms. The number of rotatable bonds is 10. The van der Waals surface area contributed by atoms with Gasteiger partial charge in [-0.15, -0.1) is 0 Å². The highest BCUT2D eigenvalue weighted by Gasteiger charge is 2.33. The van der Waals surface area contributed by atoms with Gasteiger partial charge in [0.2, 0.25) is 0 Å². The highest BCUT2D eigenvalue weighted by atomic mass is 16.5. The first-order valence-corrected chi connectivity index (χ1v) is 12.3. The van der Waals surface area contributed by atoms with E-state index >= 15 is 0 Å². The molecule has 2 nitrogen and oxygen atoms in total. The summed E-state index contributed by atoms with van der Waals surface area (Å²) in [5, 5.41) is 10.4. The second-order valence-corrected chi connectivity index (χ2v) is 10.5. The molecule has 0 spiro atoms. The summed E-state index contributed by atoms with van der Waals surface area (Å²) in [4.78, 5) is 0. The molecular weight excluding hydrogens is 380 g/mol. The number of ether oxygens (including phenoxy) is 1. The molecule has 0 saturated heterocycles. The van der Waals surface area contributed by atoms with E-state index in [2.05, 4.69) is 53.7 Å². The monoisotopic (exact) mass is 426 g/mol. The molecule has 0 amide bonds. The molecule has 2 heteroatoms. The quantitative estimate of drug-likeness (QED) is 0.379. The van der Waals surface area contributed by atoms with E-state index in [1.54, 1.807) is 0 Å². The van der Waals surface area contributed by atoms with Gasteiger partial charge in [0.15, 0.2) is 0 Å². The van der Waals surface area contributed by atoms with E-state index in [0.717, 1.165) is 54.0 Å². The van der Waals surface area contributed by atoms with Gasteiger partial charge in [-0.3, -0.25) is 0 Å². The van der Waals surface area contributed by atoms with Gasteiger partial charge in [0.25, 0.3) is 0 Å². The maximum atomic E-state index is 10.4. The lowest BCUT2D eigenvalue weighted by atomic mass is 9.85. The van der Waals surface area contributed by atoms with E-state index < -0.39 is 0 Å². The molecule has 1 aliphatic rings. The minimum absolute atomic E-state index is 0.121. The standard InChI is InChI=1S/C29H46O2/c1-20(2)12-9-13-21(3)14-10-15-22(4)16-11-18-29(8)19-17-26-25(7)27(30)23(5)24(6)28(26)31-29/h12,16,21,30H,9-11,13-15,17-19H2,1-8H3. The zero-order chi connectivity index (χ0) is 23.2. The van der Waals surface area contributed by atoms with E-state index in [-0.39, 0.29) is 5.60 Å². The average molecular weight is 427 g/mol. The molecule has 1 aromatic rings. The fraction of sp³-hybridized carbons (Fsp3) is 0.655. The SMILES string of the molecule is CC(C)=CCCC(C)CCCC(C)=CCCC1(C)CCc2c(C)c(O)c(C)c(C)c2O1. The van der Waals surface area contributed by atoms with Crippen molar-refractivity contribution in [3.63, 3.8) is 0 Å². The van der Waals surface area contributed by atoms with Crippen LogP contribution in [0.25, 0.3) is 0 Å². The molecule has 2 rings (SSSR count). The number of allylic oxidation sites excluding steroid dienone is 4. The zero-order valence-corrected chi connectivity index (χ0v) is 21.5. The van der Waals surface area contributed by atoms with E-state index in [1.165, 1.54) is 48.8 Å². The first-order chi connectivity index (χ1) is 14.5. The Morgan fingerprint density at radius 2 is 1.74 bits per heavy atom. The number of hydrogen-bond acceptors (Lipinski definition) is 2. The lowest BCUT2D eigenvalue weighted by Crippen LogP contribution is -2.37. The number of aromatic hydroxyl groups is 1. The molecule has 2 atom stereocenters. The number of hydrogen-bond donors (Lipinski definition) is 1. The van der Waals surface area contributed by atoms with Gasteiger partial charge in [0.05, 0.1) is 0 Å². The zero-order valence-electron chi connectivity index (χ0n) is 21.5. The van der Waals surface area contributed by atoms with Crippen molar-refractivity contribution in [3.8, 4) is 11.5 Å². The van der Waals surface area contributed by atoms with Crippen LogP contribution in [0.5, 0.6) is 11.5 Å². The lowest BCUT2D eigenvalue weighted by Gasteiger charge is -2.38. The average Bonchev–Trinajstić information content (AvgIpc) is 2.70. The summed E-state index contributed by atoms with van der Waals surface area (Å²) in [6, 6.07) is 0. The van der Waals surface area contributed by atoms with Crippen molar-refractivity contribution in [2.45, 2.75) is 119 Å². The van der Waals surface area contributed by atoms with Crippen molar-refractivity contribution in [1.29, 1.82) is 0 Å². The normalized spacial score (nSPS) is 19.5. The molecule has 31 heavy (non-hydrogen) atoms. The Morgan fingerprint density at radius 3 is 2.42 bits per heavy atom. The summed E-state index contributed by atoms with van der Waals surface area (Å²) in [7, 11) is 0. The molecule has 1 aliphatic heterocycles. The third-order valence-electron chi connectivity index (χ3n) is 7.24. The summed E-state index contributed by atoms with van der Waals surface area (Å²) in [5.74, 6) is 2.27. The van der Waals surface area contributed by atoms with E-state index in [4.69, 9.17) is 4.74 Å². The van der Waals surface area contributed by atoms with Gasteiger partial charge >= 0.3 is 0 Å². The third-order valence-corrected chi connectivity index (χ3v) is 7.24. The molecule has 0 aromatic heterocycles. The molecule has 0 aliphatic carbocycles. The smallest absolute Gasteiger partial charge is 0.127 e. The maximum absolute atomic E-state index is 10.4. The van der Waals surface area contributed by atoms with Crippen LogP contribution >= 0.6 is 0 Å². The number of phenolic OH excluding ortho intramolecular Hbond substituents is 1. The molecule has 174 valence electrons. The molecule has 1 N–H and O–H groups in total. The van der Waals surface area contributed by atoms with Crippen molar-refractivity contribution in [2.75, 3.05) is 0 Å². The molecule has 0 radical (unpaired) electrons. The summed E-state index contributed by atoms with van der Waals surface area (Å²) < 4.78 is 6.57. The van der Waals surface area contributed by atoms with Crippen molar-refractivity contribution >= 4 is 0 Å². The van der Waals surface area contributed by atoms with Gasteiger partial charge in [0, 0.05) is 5.56 Å².